The van der Waals surface area contributed by atoms with Gasteiger partial charge in [0.15, 0.2) is 5.11 Å². The molecule has 1 aliphatic rings. The lowest BCUT2D eigenvalue weighted by atomic mass is 9.98. The number of pyridine rings is 1. The molecule has 178 valence electrons. The lowest BCUT2D eigenvalue weighted by molar-refractivity contribution is 0.413. The molecule has 6 nitrogen and oxygen atoms in total. The van der Waals surface area contributed by atoms with Crippen LogP contribution in [0.3, 0.4) is 0 Å². The van der Waals surface area contributed by atoms with E-state index < -0.39 is 0 Å². The van der Waals surface area contributed by atoms with E-state index in [0.29, 0.717) is 11.2 Å². The molecule has 1 aliphatic heterocycles. The van der Waals surface area contributed by atoms with Crippen molar-refractivity contribution in [2.24, 2.45) is 0 Å². The number of hydrogen-bond acceptors (Lipinski definition) is 4. The number of rotatable bonds is 7. The van der Waals surface area contributed by atoms with Crippen LogP contribution < -0.4 is 19.7 Å². The van der Waals surface area contributed by atoms with Crippen molar-refractivity contribution in [3.05, 3.63) is 103 Å². The van der Waals surface area contributed by atoms with Gasteiger partial charge in [0, 0.05) is 30.3 Å². The monoisotopic (exact) mass is 484 g/mol. The summed E-state index contributed by atoms with van der Waals surface area (Å²) in [5, 5.41) is 4.19. The number of methoxy groups -OCH3 is 1. The molecule has 1 saturated heterocycles. The van der Waals surface area contributed by atoms with E-state index in [1.807, 2.05) is 72.9 Å². The first-order valence-corrected chi connectivity index (χ1v) is 12.0. The predicted molar refractivity (Wildman–Crippen MR) is 142 cm³/mol. The zero-order valence-electron chi connectivity index (χ0n) is 20.0. The quantitative estimate of drug-likeness (QED) is 0.305. The molecular formula is C28H28N4O2S. The first kappa shape index (κ1) is 22.9. The van der Waals surface area contributed by atoms with Gasteiger partial charge >= 0.3 is 0 Å². The van der Waals surface area contributed by atoms with Crippen LogP contribution in [0.15, 0.2) is 91.4 Å². The topological polar surface area (TPSA) is 51.6 Å². The average molecular weight is 485 g/mol. The van der Waals surface area contributed by atoms with Gasteiger partial charge in [0.05, 0.1) is 24.9 Å². The molecule has 0 spiro atoms. The summed E-state index contributed by atoms with van der Waals surface area (Å²) in [7, 11) is 1.65. The Hall–Kier alpha value is -3.84. The summed E-state index contributed by atoms with van der Waals surface area (Å²) in [6.45, 7) is 4.35. The van der Waals surface area contributed by atoms with E-state index in [1.54, 1.807) is 7.11 Å². The summed E-state index contributed by atoms with van der Waals surface area (Å²) in [5.74, 6) is 2.29. The van der Waals surface area contributed by atoms with Crippen LogP contribution in [0.2, 0.25) is 0 Å². The normalized spacial score (nSPS) is 17.5. The van der Waals surface area contributed by atoms with Gasteiger partial charge in [-0.05, 0) is 98.4 Å². The van der Waals surface area contributed by atoms with Gasteiger partial charge in [-0.3, -0.25) is 4.98 Å². The fourth-order valence-corrected chi connectivity index (χ4v) is 4.70. The highest BCUT2D eigenvalue weighted by atomic mass is 32.1. The van der Waals surface area contributed by atoms with Crippen LogP contribution >= 0.6 is 12.2 Å². The van der Waals surface area contributed by atoms with E-state index in [0.717, 1.165) is 28.6 Å². The van der Waals surface area contributed by atoms with Crippen molar-refractivity contribution in [3.63, 3.8) is 0 Å². The Bertz CT molecular complexity index is 1290. The third-order valence-electron chi connectivity index (χ3n) is 6.18. The Morgan fingerprint density at radius 1 is 0.914 bits per heavy atom. The van der Waals surface area contributed by atoms with Gasteiger partial charge in [0.25, 0.3) is 0 Å². The van der Waals surface area contributed by atoms with Crippen molar-refractivity contribution in [2.75, 3.05) is 12.0 Å². The molecule has 2 aromatic carbocycles. The summed E-state index contributed by atoms with van der Waals surface area (Å²) < 4.78 is 13.5. The van der Waals surface area contributed by atoms with Crippen molar-refractivity contribution >= 4 is 23.0 Å². The molecule has 3 heterocycles. The third-order valence-corrected chi connectivity index (χ3v) is 6.50. The smallest absolute Gasteiger partial charge is 0.174 e. The minimum atomic E-state index is -0.0677. The Morgan fingerprint density at radius 2 is 1.60 bits per heavy atom. The van der Waals surface area contributed by atoms with Gasteiger partial charge in [-0.25, -0.2) is 0 Å². The molecule has 0 amide bonds. The summed E-state index contributed by atoms with van der Waals surface area (Å²) in [5.41, 5.74) is 3.13. The number of nitrogens with one attached hydrogen (secondary N) is 1. The second kappa shape index (κ2) is 9.80. The predicted octanol–water partition coefficient (Wildman–Crippen LogP) is 6.44. The molecule has 0 radical (unpaired) electrons. The Kier molecular flexibility index (Phi) is 6.42. The summed E-state index contributed by atoms with van der Waals surface area (Å²) in [6.07, 6.45) is 6.15. The minimum Gasteiger partial charge on any atom is -0.497 e. The van der Waals surface area contributed by atoms with Crippen LogP contribution in [0.1, 0.15) is 43.2 Å². The second-order valence-electron chi connectivity index (χ2n) is 8.75. The molecule has 35 heavy (non-hydrogen) atoms. The number of thiocarbonyl (C=S) groups is 1. The van der Waals surface area contributed by atoms with Crippen molar-refractivity contribution in [2.45, 2.75) is 32.0 Å². The number of ether oxygens (including phenoxy) is 2. The van der Waals surface area contributed by atoms with E-state index in [2.05, 4.69) is 52.1 Å². The van der Waals surface area contributed by atoms with Crippen LogP contribution in [0.5, 0.6) is 17.2 Å². The van der Waals surface area contributed by atoms with E-state index in [-0.39, 0.29) is 12.1 Å². The SMILES string of the molecule is COc1ccc(Oc2ccc(N3C(=S)N[C@@H](c4ccccn4)[C@H]3c3ccn(C(C)C)c3)cc2)cc1. The van der Waals surface area contributed by atoms with Gasteiger partial charge < -0.3 is 24.3 Å². The minimum absolute atomic E-state index is 0.0363. The van der Waals surface area contributed by atoms with E-state index >= 15 is 0 Å². The van der Waals surface area contributed by atoms with Crippen molar-refractivity contribution in [1.82, 2.24) is 14.9 Å². The summed E-state index contributed by atoms with van der Waals surface area (Å²) >= 11 is 5.83. The fraction of sp³-hybridized carbons (Fsp3) is 0.214. The fourth-order valence-electron chi connectivity index (χ4n) is 4.35. The highest BCUT2D eigenvalue weighted by molar-refractivity contribution is 7.80. The number of nitrogens with zero attached hydrogens (tertiary/aromatic N) is 3. The summed E-state index contributed by atoms with van der Waals surface area (Å²) in [4.78, 5) is 6.80. The molecule has 0 saturated carbocycles. The highest BCUT2D eigenvalue weighted by Crippen LogP contribution is 2.42. The van der Waals surface area contributed by atoms with Gasteiger partial charge in [0.2, 0.25) is 0 Å². The second-order valence-corrected chi connectivity index (χ2v) is 9.14. The molecule has 0 bridgehead atoms. The van der Waals surface area contributed by atoms with E-state index in [1.165, 1.54) is 5.56 Å². The van der Waals surface area contributed by atoms with Crippen LogP contribution in [-0.2, 0) is 0 Å². The lowest BCUT2D eigenvalue weighted by Gasteiger charge is -2.27. The molecular weight excluding hydrogens is 456 g/mol. The van der Waals surface area contributed by atoms with Crippen molar-refractivity contribution < 1.29 is 9.47 Å². The molecule has 4 aromatic rings. The molecule has 5 rings (SSSR count). The Labute approximate surface area is 211 Å². The zero-order chi connectivity index (χ0) is 24.4. The molecule has 0 aliphatic carbocycles. The van der Waals surface area contributed by atoms with Gasteiger partial charge in [-0.15, -0.1) is 0 Å². The number of hydrogen-bond donors (Lipinski definition) is 1. The van der Waals surface area contributed by atoms with Crippen molar-refractivity contribution in [3.8, 4) is 17.2 Å². The van der Waals surface area contributed by atoms with Crippen molar-refractivity contribution in [1.29, 1.82) is 0 Å². The van der Waals surface area contributed by atoms with Gasteiger partial charge in [-0.1, -0.05) is 6.07 Å². The van der Waals surface area contributed by atoms with Gasteiger partial charge in [0.1, 0.15) is 17.2 Å². The van der Waals surface area contributed by atoms with Gasteiger partial charge in [-0.2, -0.15) is 0 Å². The van der Waals surface area contributed by atoms with Crippen LogP contribution in [0.4, 0.5) is 5.69 Å². The molecule has 2 atom stereocenters. The molecule has 1 N–H and O–H groups in total. The first-order valence-electron chi connectivity index (χ1n) is 11.6. The standard InChI is InChI=1S/C28H28N4O2S/c1-19(2)31-17-15-20(18-31)27-26(25-6-4-5-16-29-25)30-28(35)32(27)21-7-9-23(10-8-21)34-24-13-11-22(33-3)12-14-24/h4-19,26-27H,1-3H3,(H,30,35)/t26-,27+/m0/s1. The molecule has 1 fully saturated rings. The van der Waals surface area contributed by atoms with Crippen LogP contribution in [0, 0.1) is 0 Å². The highest BCUT2D eigenvalue weighted by Gasteiger charge is 2.41. The van der Waals surface area contributed by atoms with E-state index in [4.69, 9.17) is 21.7 Å². The number of aromatic nitrogens is 2. The summed E-state index contributed by atoms with van der Waals surface area (Å²) in [6, 6.07) is 24.0. The maximum atomic E-state index is 6.02. The zero-order valence-corrected chi connectivity index (χ0v) is 20.8. The molecule has 0 unspecified atom stereocenters. The maximum absolute atomic E-state index is 6.02. The molecule has 7 heteroatoms. The molecule has 2 aromatic heterocycles. The number of benzene rings is 2. The first-order chi connectivity index (χ1) is 17.0. The van der Waals surface area contributed by atoms with E-state index in [9.17, 15) is 0 Å². The van der Waals surface area contributed by atoms with Crippen LogP contribution in [0.25, 0.3) is 0 Å². The third kappa shape index (κ3) is 4.72. The maximum Gasteiger partial charge on any atom is 0.174 e. The Balaban J connectivity index is 1.45. The van der Waals surface area contributed by atoms with Crippen LogP contribution in [-0.4, -0.2) is 21.8 Å². The lowest BCUT2D eigenvalue weighted by Crippen LogP contribution is -2.29. The number of anilines is 1. The largest absolute Gasteiger partial charge is 0.497 e. The average Bonchev–Trinajstić information content (AvgIpc) is 3.50. The Morgan fingerprint density at radius 3 is 2.20 bits per heavy atom.